The minimum absolute atomic E-state index is 0.229. The van der Waals surface area contributed by atoms with Gasteiger partial charge in [-0.15, -0.1) is 0 Å². The molecule has 0 atom stereocenters. The van der Waals surface area contributed by atoms with Gasteiger partial charge in [0.1, 0.15) is 5.75 Å². The molecule has 0 aliphatic heterocycles. The Hall–Kier alpha value is -1.09. The van der Waals surface area contributed by atoms with Crippen molar-refractivity contribution in [2.75, 3.05) is 0 Å². The minimum atomic E-state index is 0.229. The normalized spacial score (nSPS) is 10.1. The van der Waals surface area contributed by atoms with Crippen LogP contribution >= 0.6 is 0 Å². The fourth-order valence-corrected chi connectivity index (χ4v) is 0.885. The largest absolute Gasteiger partial charge is 0.506 e. The molecule has 1 aromatic heterocycles. The van der Waals surface area contributed by atoms with Crippen molar-refractivity contribution in [3.63, 3.8) is 0 Å². The third kappa shape index (κ3) is 1.33. The van der Waals surface area contributed by atoms with Gasteiger partial charge in [0.25, 0.3) is 0 Å². The first-order chi connectivity index (χ1) is 5.16. The number of aromatic hydroxyl groups is 1. The summed E-state index contributed by atoms with van der Waals surface area (Å²) in [5.74, 6) is 0.229. The zero-order valence-electron chi connectivity index (χ0n) is 6.76. The summed E-state index contributed by atoms with van der Waals surface area (Å²) in [4.78, 5) is 3.98. The average Bonchev–Trinajstić information content (AvgIpc) is 2.01. The summed E-state index contributed by atoms with van der Waals surface area (Å²) in [6, 6.07) is 0. The molecule has 0 radical (unpaired) electrons. The molecule has 0 fully saturated rings. The van der Waals surface area contributed by atoms with E-state index in [-0.39, 0.29) is 12.3 Å². The van der Waals surface area contributed by atoms with Crippen molar-refractivity contribution in [1.29, 1.82) is 0 Å². The molecule has 0 aliphatic rings. The van der Waals surface area contributed by atoms with E-state index in [1.54, 1.807) is 6.20 Å². The van der Waals surface area contributed by atoms with Crippen LogP contribution < -0.4 is 5.73 Å². The van der Waals surface area contributed by atoms with Crippen LogP contribution in [-0.2, 0) is 6.54 Å². The van der Waals surface area contributed by atoms with Crippen LogP contribution in [0.3, 0.4) is 0 Å². The summed E-state index contributed by atoms with van der Waals surface area (Å²) in [5, 5.41) is 9.44. The number of aromatic nitrogens is 1. The monoisotopic (exact) mass is 152 g/mol. The zero-order chi connectivity index (χ0) is 8.43. The van der Waals surface area contributed by atoms with Gasteiger partial charge in [0.15, 0.2) is 0 Å². The van der Waals surface area contributed by atoms with Crippen molar-refractivity contribution < 1.29 is 5.11 Å². The molecule has 3 heteroatoms. The van der Waals surface area contributed by atoms with Gasteiger partial charge in [-0.1, -0.05) is 0 Å². The standard InChI is InChI=1S/C8H12N2O/c1-5-4-10-7(3-9)8(11)6(5)2/h4,11H,3,9H2,1-2H3. The van der Waals surface area contributed by atoms with Gasteiger partial charge < -0.3 is 10.8 Å². The molecule has 0 saturated carbocycles. The Morgan fingerprint density at radius 3 is 2.73 bits per heavy atom. The summed E-state index contributed by atoms with van der Waals surface area (Å²) < 4.78 is 0. The highest BCUT2D eigenvalue weighted by atomic mass is 16.3. The van der Waals surface area contributed by atoms with Crippen LogP contribution in [0.4, 0.5) is 0 Å². The molecule has 3 nitrogen and oxygen atoms in total. The zero-order valence-corrected chi connectivity index (χ0v) is 6.76. The summed E-state index contributed by atoms with van der Waals surface area (Å²) in [7, 11) is 0. The molecule has 1 heterocycles. The second kappa shape index (κ2) is 2.88. The van der Waals surface area contributed by atoms with E-state index in [4.69, 9.17) is 5.73 Å². The smallest absolute Gasteiger partial charge is 0.141 e. The predicted molar refractivity (Wildman–Crippen MR) is 43.3 cm³/mol. The van der Waals surface area contributed by atoms with Crippen LogP contribution in [0.2, 0.25) is 0 Å². The number of nitrogens with two attached hydrogens (primary N) is 1. The van der Waals surface area contributed by atoms with Crippen molar-refractivity contribution in [2.45, 2.75) is 20.4 Å². The van der Waals surface area contributed by atoms with Crippen LogP contribution in [-0.4, -0.2) is 10.1 Å². The highest BCUT2D eigenvalue weighted by Gasteiger charge is 2.05. The lowest BCUT2D eigenvalue weighted by Gasteiger charge is -2.05. The number of pyridine rings is 1. The molecule has 1 rings (SSSR count). The van der Waals surface area contributed by atoms with Crippen LogP contribution in [0.25, 0.3) is 0 Å². The first-order valence-corrected chi connectivity index (χ1v) is 3.51. The lowest BCUT2D eigenvalue weighted by atomic mass is 10.1. The predicted octanol–water partition coefficient (Wildman–Crippen LogP) is 0.863. The van der Waals surface area contributed by atoms with Crippen LogP contribution in [0.1, 0.15) is 16.8 Å². The Kier molecular flexibility index (Phi) is 2.10. The van der Waals surface area contributed by atoms with Gasteiger partial charge in [0.2, 0.25) is 0 Å². The van der Waals surface area contributed by atoms with Crippen molar-refractivity contribution in [3.8, 4) is 5.75 Å². The average molecular weight is 152 g/mol. The van der Waals surface area contributed by atoms with E-state index < -0.39 is 0 Å². The number of hydrogen-bond donors (Lipinski definition) is 2. The molecule has 0 aromatic carbocycles. The van der Waals surface area contributed by atoms with Crippen LogP contribution in [0.5, 0.6) is 5.75 Å². The fourth-order valence-electron chi connectivity index (χ4n) is 0.885. The Balaban J connectivity index is 3.25. The van der Waals surface area contributed by atoms with E-state index >= 15 is 0 Å². The Bertz CT molecular complexity index is 271. The number of nitrogens with zero attached hydrogens (tertiary/aromatic N) is 1. The molecule has 0 saturated heterocycles. The highest BCUT2D eigenvalue weighted by Crippen LogP contribution is 2.21. The number of aryl methyl sites for hydroxylation is 1. The van der Waals surface area contributed by atoms with E-state index in [1.807, 2.05) is 13.8 Å². The van der Waals surface area contributed by atoms with Gasteiger partial charge in [0.05, 0.1) is 5.69 Å². The van der Waals surface area contributed by atoms with Crippen LogP contribution in [0, 0.1) is 13.8 Å². The van der Waals surface area contributed by atoms with Gasteiger partial charge in [-0.25, -0.2) is 0 Å². The maximum Gasteiger partial charge on any atom is 0.141 e. The molecule has 0 aliphatic carbocycles. The Morgan fingerprint density at radius 2 is 2.18 bits per heavy atom. The molecule has 0 spiro atoms. The van der Waals surface area contributed by atoms with Gasteiger partial charge >= 0.3 is 0 Å². The van der Waals surface area contributed by atoms with Gasteiger partial charge in [0, 0.05) is 12.7 Å². The lowest BCUT2D eigenvalue weighted by Crippen LogP contribution is -2.01. The molecular formula is C8H12N2O. The molecule has 11 heavy (non-hydrogen) atoms. The van der Waals surface area contributed by atoms with E-state index in [2.05, 4.69) is 4.98 Å². The molecular weight excluding hydrogens is 140 g/mol. The summed E-state index contributed by atoms with van der Waals surface area (Å²) >= 11 is 0. The van der Waals surface area contributed by atoms with E-state index in [9.17, 15) is 5.11 Å². The van der Waals surface area contributed by atoms with Gasteiger partial charge in [-0.05, 0) is 25.0 Å². The van der Waals surface area contributed by atoms with Crippen molar-refractivity contribution in [3.05, 3.63) is 23.0 Å². The maximum atomic E-state index is 9.44. The molecule has 60 valence electrons. The molecule has 3 N–H and O–H groups in total. The summed E-state index contributed by atoms with van der Waals surface area (Å²) in [6.45, 7) is 4.04. The lowest BCUT2D eigenvalue weighted by molar-refractivity contribution is 0.459. The fraction of sp³-hybridized carbons (Fsp3) is 0.375. The molecule has 0 amide bonds. The number of hydrogen-bond acceptors (Lipinski definition) is 3. The molecule has 0 unspecified atom stereocenters. The van der Waals surface area contributed by atoms with E-state index in [0.29, 0.717) is 5.69 Å². The Morgan fingerprint density at radius 1 is 1.55 bits per heavy atom. The highest BCUT2D eigenvalue weighted by molar-refractivity contribution is 5.39. The Labute approximate surface area is 65.9 Å². The van der Waals surface area contributed by atoms with Crippen molar-refractivity contribution in [1.82, 2.24) is 4.98 Å². The molecule has 1 aromatic rings. The summed E-state index contributed by atoms with van der Waals surface area (Å²) in [6.07, 6.45) is 1.72. The van der Waals surface area contributed by atoms with Crippen LogP contribution in [0.15, 0.2) is 6.20 Å². The van der Waals surface area contributed by atoms with E-state index in [1.165, 1.54) is 0 Å². The summed E-state index contributed by atoms with van der Waals surface area (Å²) in [5.41, 5.74) is 7.76. The third-order valence-electron chi connectivity index (χ3n) is 1.83. The van der Waals surface area contributed by atoms with Crippen molar-refractivity contribution >= 4 is 0 Å². The number of rotatable bonds is 1. The second-order valence-corrected chi connectivity index (χ2v) is 2.57. The first kappa shape index (κ1) is 8.01. The van der Waals surface area contributed by atoms with Crippen molar-refractivity contribution in [2.24, 2.45) is 5.73 Å². The van der Waals surface area contributed by atoms with Gasteiger partial charge in [-0.2, -0.15) is 0 Å². The topological polar surface area (TPSA) is 59.1 Å². The third-order valence-corrected chi connectivity index (χ3v) is 1.83. The molecule has 0 bridgehead atoms. The first-order valence-electron chi connectivity index (χ1n) is 3.51. The minimum Gasteiger partial charge on any atom is -0.506 e. The maximum absolute atomic E-state index is 9.44. The second-order valence-electron chi connectivity index (χ2n) is 2.57. The quantitative estimate of drug-likeness (QED) is 0.627. The van der Waals surface area contributed by atoms with Gasteiger partial charge in [-0.3, -0.25) is 4.98 Å². The SMILES string of the molecule is Cc1cnc(CN)c(O)c1C. The van der Waals surface area contributed by atoms with E-state index in [0.717, 1.165) is 11.1 Å².